The SMILES string of the molecule is N#C[C@]1(c2ccccc2)c2ccc(C(F)(F)F)cc2N[C@@H]1C1CCCCC1. The van der Waals surface area contributed by atoms with Gasteiger partial charge in [-0.05, 0) is 36.5 Å². The number of hydrogen-bond acceptors (Lipinski definition) is 2. The first kappa shape index (κ1) is 17.9. The third-order valence-electron chi connectivity index (χ3n) is 6.08. The Bertz CT molecular complexity index is 863. The Kier molecular flexibility index (Phi) is 4.38. The summed E-state index contributed by atoms with van der Waals surface area (Å²) in [5.41, 5.74) is 0.278. The van der Waals surface area contributed by atoms with Crippen molar-refractivity contribution in [1.29, 1.82) is 5.26 Å². The summed E-state index contributed by atoms with van der Waals surface area (Å²) in [7, 11) is 0. The topological polar surface area (TPSA) is 35.8 Å². The van der Waals surface area contributed by atoms with E-state index in [1.165, 1.54) is 12.5 Å². The van der Waals surface area contributed by atoms with Crippen LogP contribution in [0.2, 0.25) is 0 Å². The number of halogens is 3. The lowest BCUT2D eigenvalue weighted by atomic mass is 9.66. The van der Waals surface area contributed by atoms with Crippen LogP contribution in [0, 0.1) is 17.2 Å². The first-order chi connectivity index (χ1) is 13.0. The van der Waals surface area contributed by atoms with Crippen LogP contribution in [-0.2, 0) is 11.6 Å². The molecule has 2 aliphatic rings. The van der Waals surface area contributed by atoms with E-state index in [1.54, 1.807) is 0 Å². The van der Waals surface area contributed by atoms with Crippen LogP contribution < -0.4 is 5.32 Å². The summed E-state index contributed by atoms with van der Waals surface area (Å²) in [6.45, 7) is 0. The Morgan fingerprint density at radius 3 is 2.33 bits per heavy atom. The van der Waals surface area contributed by atoms with Crippen LogP contribution in [0.5, 0.6) is 0 Å². The van der Waals surface area contributed by atoms with E-state index in [9.17, 15) is 18.4 Å². The Morgan fingerprint density at radius 1 is 1.00 bits per heavy atom. The lowest BCUT2D eigenvalue weighted by Crippen LogP contribution is -2.44. The van der Waals surface area contributed by atoms with E-state index in [2.05, 4.69) is 11.4 Å². The number of rotatable bonds is 2. The van der Waals surface area contributed by atoms with Gasteiger partial charge in [0, 0.05) is 11.3 Å². The van der Waals surface area contributed by atoms with Crippen molar-refractivity contribution in [1.82, 2.24) is 0 Å². The van der Waals surface area contributed by atoms with Gasteiger partial charge in [0.25, 0.3) is 0 Å². The molecule has 2 aromatic rings. The van der Waals surface area contributed by atoms with E-state index in [4.69, 9.17) is 0 Å². The number of benzene rings is 2. The Hall–Kier alpha value is -2.48. The molecule has 2 atom stereocenters. The van der Waals surface area contributed by atoms with Crippen LogP contribution in [0.1, 0.15) is 48.8 Å². The average molecular weight is 370 g/mol. The maximum absolute atomic E-state index is 13.2. The first-order valence-corrected chi connectivity index (χ1v) is 9.42. The number of anilines is 1. The summed E-state index contributed by atoms with van der Waals surface area (Å²) in [4.78, 5) is 0. The maximum atomic E-state index is 13.2. The summed E-state index contributed by atoms with van der Waals surface area (Å²) in [5.74, 6) is 0.264. The molecule has 2 aromatic carbocycles. The van der Waals surface area contributed by atoms with Crippen LogP contribution in [0.15, 0.2) is 48.5 Å². The van der Waals surface area contributed by atoms with Gasteiger partial charge >= 0.3 is 6.18 Å². The van der Waals surface area contributed by atoms with Gasteiger partial charge in [-0.25, -0.2) is 0 Å². The van der Waals surface area contributed by atoms with Gasteiger partial charge in [-0.15, -0.1) is 0 Å². The van der Waals surface area contributed by atoms with Crippen molar-refractivity contribution in [2.75, 3.05) is 5.32 Å². The molecule has 27 heavy (non-hydrogen) atoms. The predicted molar refractivity (Wildman–Crippen MR) is 98.3 cm³/mol. The smallest absolute Gasteiger partial charge is 0.379 e. The molecule has 1 aliphatic carbocycles. The Labute approximate surface area is 157 Å². The van der Waals surface area contributed by atoms with Gasteiger partial charge < -0.3 is 5.32 Å². The van der Waals surface area contributed by atoms with Gasteiger partial charge in [0.05, 0.1) is 17.7 Å². The zero-order valence-electron chi connectivity index (χ0n) is 14.9. The van der Waals surface area contributed by atoms with Gasteiger partial charge in [0.15, 0.2) is 0 Å². The molecular formula is C22H21F3N2. The number of alkyl halides is 3. The molecule has 1 aliphatic heterocycles. The summed E-state index contributed by atoms with van der Waals surface area (Å²) in [6.07, 6.45) is 0.968. The highest BCUT2D eigenvalue weighted by Crippen LogP contribution is 2.51. The predicted octanol–water partition coefficient (Wildman–Crippen LogP) is 5.89. The molecule has 0 amide bonds. The zero-order chi connectivity index (χ0) is 19.1. The summed E-state index contributed by atoms with van der Waals surface area (Å²) < 4.78 is 39.6. The second kappa shape index (κ2) is 6.60. The number of fused-ring (bicyclic) bond motifs is 1. The van der Waals surface area contributed by atoms with Crippen LogP contribution in [0.4, 0.5) is 18.9 Å². The lowest BCUT2D eigenvalue weighted by molar-refractivity contribution is -0.137. The van der Waals surface area contributed by atoms with Gasteiger partial charge in [-0.3, -0.25) is 0 Å². The number of nitrogens with one attached hydrogen (secondary N) is 1. The molecule has 1 heterocycles. The van der Waals surface area contributed by atoms with Gasteiger partial charge in [0.2, 0.25) is 0 Å². The second-order valence-corrected chi connectivity index (χ2v) is 7.56. The van der Waals surface area contributed by atoms with Crippen molar-refractivity contribution in [3.8, 4) is 6.07 Å². The Morgan fingerprint density at radius 2 is 1.70 bits per heavy atom. The molecule has 140 valence electrons. The summed E-state index contributed by atoms with van der Waals surface area (Å²) in [6, 6.07) is 15.5. The highest BCUT2D eigenvalue weighted by molar-refractivity contribution is 5.70. The van der Waals surface area contributed by atoms with Crippen molar-refractivity contribution in [3.63, 3.8) is 0 Å². The van der Waals surface area contributed by atoms with Gasteiger partial charge in [-0.1, -0.05) is 55.7 Å². The molecule has 4 rings (SSSR count). The molecular weight excluding hydrogens is 349 g/mol. The monoisotopic (exact) mass is 370 g/mol. The highest BCUT2D eigenvalue weighted by Gasteiger charge is 2.52. The summed E-state index contributed by atoms with van der Waals surface area (Å²) in [5, 5.41) is 13.7. The maximum Gasteiger partial charge on any atom is 0.416 e. The van der Waals surface area contributed by atoms with Gasteiger partial charge in [0.1, 0.15) is 5.41 Å². The normalized spacial score (nSPS) is 25.5. The van der Waals surface area contributed by atoms with Crippen molar-refractivity contribution in [3.05, 3.63) is 65.2 Å². The Balaban J connectivity index is 1.88. The molecule has 1 N–H and O–H groups in total. The molecule has 0 saturated heterocycles. The molecule has 0 aromatic heterocycles. The molecule has 0 unspecified atom stereocenters. The zero-order valence-corrected chi connectivity index (χ0v) is 14.9. The minimum absolute atomic E-state index is 0.219. The van der Waals surface area contributed by atoms with E-state index < -0.39 is 17.2 Å². The fourth-order valence-electron chi connectivity index (χ4n) is 4.80. The minimum atomic E-state index is -4.40. The molecule has 5 heteroatoms. The molecule has 0 radical (unpaired) electrons. The van der Waals surface area contributed by atoms with E-state index >= 15 is 0 Å². The number of nitrogens with zero attached hydrogens (tertiary/aromatic N) is 1. The van der Waals surface area contributed by atoms with E-state index in [-0.39, 0.29) is 12.0 Å². The standard InChI is InChI=1S/C22H21F3N2/c23-22(24,25)17-11-12-18-19(13-17)27-20(15-7-3-1-4-8-15)21(18,14-26)16-9-5-2-6-10-16/h2,5-6,9-13,15,20,27H,1,3-4,7-8H2/t20-,21+/m1/s1. The third-order valence-corrected chi connectivity index (χ3v) is 6.08. The van der Waals surface area contributed by atoms with Crippen molar-refractivity contribution < 1.29 is 13.2 Å². The van der Waals surface area contributed by atoms with Crippen molar-refractivity contribution >= 4 is 5.69 Å². The first-order valence-electron chi connectivity index (χ1n) is 9.42. The van der Waals surface area contributed by atoms with E-state index in [0.29, 0.717) is 11.3 Å². The summed E-state index contributed by atoms with van der Waals surface area (Å²) >= 11 is 0. The van der Waals surface area contributed by atoms with Crippen LogP contribution in [-0.4, -0.2) is 6.04 Å². The average Bonchev–Trinajstić information content (AvgIpc) is 3.03. The van der Waals surface area contributed by atoms with E-state index in [1.807, 2.05) is 30.3 Å². The quantitative estimate of drug-likeness (QED) is 0.715. The molecule has 0 spiro atoms. The third kappa shape index (κ3) is 2.88. The molecule has 1 saturated carbocycles. The van der Waals surface area contributed by atoms with Crippen molar-refractivity contribution in [2.45, 2.75) is 49.7 Å². The van der Waals surface area contributed by atoms with Gasteiger partial charge in [-0.2, -0.15) is 18.4 Å². The molecule has 2 nitrogen and oxygen atoms in total. The largest absolute Gasteiger partial charge is 0.416 e. The minimum Gasteiger partial charge on any atom is -0.379 e. The van der Waals surface area contributed by atoms with Crippen molar-refractivity contribution in [2.24, 2.45) is 5.92 Å². The molecule has 0 bridgehead atoms. The lowest BCUT2D eigenvalue weighted by Gasteiger charge is -2.37. The number of hydrogen-bond donors (Lipinski definition) is 1. The molecule has 1 fully saturated rings. The second-order valence-electron chi connectivity index (χ2n) is 7.56. The fourth-order valence-corrected chi connectivity index (χ4v) is 4.80. The van der Waals surface area contributed by atoms with E-state index in [0.717, 1.165) is 43.4 Å². The number of nitriles is 1. The highest BCUT2D eigenvalue weighted by atomic mass is 19.4. The van der Waals surface area contributed by atoms with Crippen LogP contribution in [0.25, 0.3) is 0 Å². The van der Waals surface area contributed by atoms with Crippen LogP contribution >= 0.6 is 0 Å². The van der Waals surface area contributed by atoms with Crippen LogP contribution in [0.3, 0.4) is 0 Å². The fraction of sp³-hybridized carbons (Fsp3) is 0.409.